The van der Waals surface area contributed by atoms with Crippen LogP contribution in [0.1, 0.15) is 37.0 Å². The second kappa shape index (κ2) is 6.99. The Morgan fingerprint density at radius 3 is 2.43 bits per heavy atom. The number of amides is 1. The molecule has 0 bridgehead atoms. The standard InChI is InChI=1S/C15H18F2N4OS/c1-15(2,3)13-20-14(23-21-13)19-8-7-18-12(22)11-9(16)5-4-6-10(11)17/h4-6H,7-8H2,1-3H3,(H,18,22)(H,19,20,21). The van der Waals surface area contributed by atoms with Gasteiger partial charge in [-0.2, -0.15) is 4.37 Å². The summed E-state index contributed by atoms with van der Waals surface area (Å²) >= 11 is 1.23. The molecule has 2 N–H and O–H groups in total. The number of nitrogens with one attached hydrogen (secondary N) is 2. The van der Waals surface area contributed by atoms with E-state index in [1.165, 1.54) is 17.6 Å². The average Bonchev–Trinajstić information content (AvgIpc) is 2.92. The molecule has 1 aromatic carbocycles. The van der Waals surface area contributed by atoms with Gasteiger partial charge < -0.3 is 10.6 Å². The molecule has 0 saturated carbocycles. The van der Waals surface area contributed by atoms with E-state index in [0.29, 0.717) is 11.7 Å². The molecule has 0 radical (unpaired) electrons. The summed E-state index contributed by atoms with van der Waals surface area (Å²) in [5, 5.41) is 6.12. The largest absolute Gasteiger partial charge is 0.359 e. The van der Waals surface area contributed by atoms with Crippen LogP contribution in [-0.2, 0) is 5.41 Å². The maximum Gasteiger partial charge on any atom is 0.257 e. The molecule has 0 spiro atoms. The zero-order valence-electron chi connectivity index (χ0n) is 13.1. The van der Waals surface area contributed by atoms with Crippen molar-refractivity contribution in [2.45, 2.75) is 26.2 Å². The molecular weight excluding hydrogens is 322 g/mol. The van der Waals surface area contributed by atoms with Crippen molar-refractivity contribution < 1.29 is 13.6 Å². The first-order chi connectivity index (χ1) is 10.8. The van der Waals surface area contributed by atoms with Crippen LogP contribution < -0.4 is 10.6 Å². The van der Waals surface area contributed by atoms with Crippen LogP contribution >= 0.6 is 11.5 Å². The molecule has 0 fully saturated rings. The highest BCUT2D eigenvalue weighted by Crippen LogP contribution is 2.22. The predicted octanol–water partition coefficient (Wildman–Crippen LogP) is 2.96. The van der Waals surface area contributed by atoms with Crippen molar-refractivity contribution in [3.05, 3.63) is 41.2 Å². The van der Waals surface area contributed by atoms with Crippen LogP contribution in [0.2, 0.25) is 0 Å². The summed E-state index contributed by atoms with van der Waals surface area (Å²) in [6.07, 6.45) is 0. The van der Waals surface area contributed by atoms with Crippen LogP contribution in [-0.4, -0.2) is 28.4 Å². The van der Waals surface area contributed by atoms with Gasteiger partial charge >= 0.3 is 0 Å². The van der Waals surface area contributed by atoms with Gasteiger partial charge in [0.2, 0.25) is 5.13 Å². The number of nitrogens with zero attached hydrogens (tertiary/aromatic N) is 2. The van der Waals surface area contributed by atoms with Crippen molar-refractivity contribution in [3.8, 4) is 0 Å². The van der Waals surface area contributed by atoms with Gasteiger partial charge in [-0.25, -0.2) is 13.8 Å². The van der Waals surface area contributed by atoms with Crippen LogP contribution in [0.25, 0.3) is 0 Å². The normalized spacial score (nSPS) is 11.3. The fraction of sp³-hybridized carbons (Fsp3) is 0.400. The summed E-state index contributed by atoms with van der Waals surface area (Å²) in [7, 11) is 0. The molecule has 1 amide bonds. The minimum atomic E-state index is -0.880. The summed E-state index contributed by atoms with van der Waals surface area (Å²) in [5.41, 5.74) is -0.703. The Labute approximate surface area is 137 Å². The number of halogens is 2. The Hall–Kier alpha value is -2.09. The van der Waals surface area contributed by atoms with Crippen molar-refractivity contribution in [2.75, 3.05) is 18.4 Å². The van der Waals surface area contributed by atoms with Gasteiger partial charge in [-0.15, -0.1) is 0 Å². The molecular formula is C15H18F2N4OS. The molecule has 0 unspecified atom stereocenters. The molecule has 2 aromatic rings. The third kappa shape index (κ3) is 4.44. The number of hydrogen-bond acceptors (Lipinski definition) is 5. The highest BCUT2D eigenvalue weighted by molar-refractivity contribution is 7.09. The fourth-order valence-electron chi connectivity index (χ4n) is 1.75. The zero-order valence-corrected chi connectivity index (χ0v) is 13.9. The maximum atomic E-state index is 13.5. The smallest absolute Gasteiger partial charge is 0.257 e. The van der Waals surface area contributed by atoms with Crippen LogP contribution in [0.3, 0.4) is 0 Å². The minimum Gasteiger partial charge on any atom is -0.359 e. The molecule has 1 heterocycles. The van der Waals surface area contributed by atoms with Crippen LogP contribution in [0.5, 0.6) is 0 Å². The second-order valence-corrected chi connectivity index (χ2v) is 6.70. The van der Waals surface area contributed by atoms with E-state index in [4.69, 9.17) is 0 Å². The Morgan fingerprint density at radius 1 is 1.22 bits per heavy atom. The molecule has 0 atom stereocenters. The topological polar surface area (TPSA) is 66.9 Å². The fourth-order valence-corrected chi connectivity index (χ4v) is 2.53. The third-order valence-electron chi connectivity index (χ3n) is 2.97. The summed E-state index contributed by atoms with van der Waals surface area (Å²) < 4.78 is 31.2. The lowest BCUT2D eigenvalue weighted by atomic mass is 9.96. The van der Waals surface area contributed by atoms with E-state index in [-0.39, 0.29) is 12.0 Å². The molecule has 2 rings (SSSR count). The molecule has 1 aromatic heterocycles. The Balaban J connectivity index is 1.84. The quantitative estimate of drug-likeness (QED) is 0.821. The van der Waals surface area contributed by atoms with E-state index < -0.39 is 23.1 Å². The van der Waals surface area contributed by atoms with Gasteiger partial charge in [0, 0.05) is 30.0 Å². The molecule has 0 aliphatic heterocycles. The first-order valence-corrected chi connectivity index (χ1v) is 7.86. The van der Waals surface area contributed by atoms with Gasteiger partial charge in [-0.3, -0.25) is 4.79 Å². The van der Waals surface area contributed by atoms with Crippen molar-refractivity contribution in [1.82, 2.24) is 14.7 Å². The Kier molecular flexibility index (Phi) is 5.25. The molecule has 0 saturated heterocycles. The molecule has 23 heavy (non-hydrogen) atoms. The molecule has 5 nitrogen and oxygen atoms in total. The van der Waals surface area contributed by atoms with Crippen molar-refractivity contribution in [2.24, 2.45) is 0 Å². The Morgan fingerprint density at radius 2 is 1.87 bits per heavy atom. The first-order valence-electron chi connectivity index (χ1n) is 7.09. The highest BCUT2D eigenvalue weighted by Gasteiger charge is 2.19. The number of carbonyl (C=O) groups is 1. The minimum absolute atomic E-state index is 0.132. The summed E-state index contributed by atoms with van der Waals surface area (Å²) in [4.78, 5) is 16.1. The van der Waals surface area contributed by atoms with E-state index in [1.807, 2.05) is 20.8 Å². The Bertz CT molecular complexity index is 677. The molecule has 0 aliphatic rings. The van der Waals surface area contributed by atoms with E-state index in [9.17, 15) is 13.6 Å². The van der Waals surface area contributed by atoms with Gasteiger partial charge in [0.05, 0.1) is 0 Å². The number of aromatic nitrogens is 2. The average molecular weight is 340 g/mol. The van der Waals surface area contributed by atoms with Crippen molar-refractivity contribution >= 4 is 22.6 Å². The summed E-state index contributed by atoms with van der Waals surface area (Å²) in [5.74, 6) is -1.80. The number of carbonyl (C=O) groups excluding carboxylic acids is 1. The summed E-state index contributed by atoms with van der Waals surface area (Å²) in [6.45, 7) is 6.63. The molecule has 0 aliphatic carbocycles. The van der Waals surface area contributed by atoms with E-state index >= 15 is 0 Å². The SMILES string of the molecule is CC(C)(C)c1nsc(NCCNC(=O)c2c(F)cccc2F)n1. The number of benzene rings is 1. The van der Waals surface area contributed by atoms with Gasteiger partial charge in [0.1, 0.15) is 23.0 Å². The molecule has 8 heteroatoms. The number of rotatable bonds is 5. The predicted molar refractivity (Wildman–Crippen MR) is 85.8 cm³/mol. The van der Waals surface area contributed by atoms with E-state index in [1.54, 1.807) is 0 Å². The highest BCUT2D eigenvalue weighted by atomic mass is 32.1. The third-order valence-corrected chi connectivity index (χ3v) is 3.65. The zero-order chi connectivity index (χ0) is 17.0. The van der Waals surface area contributed by atoms with Crippen LogP contribution in [0.15, 0.2) is 18.2 Å². The first kappa shape index (κ1) is 17.3. The lowest BCUT2D eigenvalue weighted by molar-refractivity contribution is 0.0947. The van der Waals surface area contributed by atoms with Crippen LogP contribution in [0, 0.1) is 11.6 Å². The second-order valence-electron chi connectivity index (χ2n) is 5.95. The lowest BCUT2D eigenvalue weighted by Gasteiger charge is -2.12. The van der Waals surface area contributed by atoms with Crippen LogP contribution in [0.4, 0.5) is 13.9 Å². The van der Waals surface area contributed by atoms with Gasteiger partial charge in [0.15, 0.2) is 0 Å². The lowest BCUT2D eigenvalue weighted by Crippen LogP contribution is -2.30. The monoisotopic (exact) mass is 340 g/mol. The van der Waals surface area contributed by atoms with Crippen molar-refractivity contribution in [1.29, 1.82) is 0 Å². The van der Waals surface area contributed by atoms with Gasteiger partial charge in [0.25, 0.3) is 5.91 Å². The number of hydrogen-bond donors (Lipinski definition) is 2. The van der Waals surface area contributed by atoms with E-state index in [0.717, 1.165) is 18.0 Å². The van der Waals surface area contributed by atoms with Crippen molar-refractivity contribution in [3.63, 3.8) is 0 Å². The van der Waals surface area contributed by atoms with E-state index in [2.05, 4.69) is 20.0 Å². The molecule has 124 valence electrons. The summed E-state index contributed by atoms with van der Waals surface area (Å²) in [6, 6.07) is 3.31. The van der Waals surface area contributed by atoms with Gasteiger partial charge in [-0.05, 0) is 12.1 Å². The van der Waals surface area contributed by atoms with Gasteiger partial charge in [-0.1, -0.05) is 26.8 Å². The number of anilines is 1. The maximum absolute atomic E-state index is 13.5.